The lowest BCUT2D eigenvalue weighted by Crippen LogP contribution is -1.82. The zero-order chi connectivity index (χ0) is 10.8. The highest BCUT2D eigenvalue weighted by Gasteiger charge is 1.90. The van der Waals surface area contributed by atoms with E-state index in [1.165, 1.54) is 0 Å². The second kappa shape index (κ2) is 8.19. The van der Waals surface area contributed by atoms with Crippen LogP contribution in [0.3, 0.4) is 0 Å². The third-order valence-electron chi connectivity index (χ3n) is 1.65. The molecule has 0 saturated heterocycles. The maximum atomic E-state index is 5.07. The van der Waals surface area contributed by atoms with E-state index in [9.17, 15) is 0 Å². The van der Waals surface area contributed by atoms with Crippen molar-refractivity contribution in [1.29, 1.82) is 0 Å². The largest absolute Gasteiger partial charge is 0.497 e. The molecule has 0 N–H and O–H groups in total. The van der Waals surface area contributed by atoms with Gasteiger partial charge >= 0.3 is 0 Å². The van der Waals surface area contributed by atoms with Crippen LogP contribution in [0.15, 0.2) is 36.1 Å². The van der Waals surface area contributed by atoms with E-state index in [1.807, 2.05) is 19.1 Å². The predicted octanol–water partition coefficient (Wildman–Crippen LogP) is 3.45. The normalized spacial score (nSPS) is 11.6. The maximum Gasteiger partial charge on any atom is 0.119 e. The van der Waals surface area contributed by atoms with Gasteiger partial charge in [-0.3, -0.25) is 0 Å². The van der Waals surface area contributed by atoms with Crippen LogP contribution in [0.5, 0.6) is 0 Å². The monoisotopic (exact) mass is 190 g/mol. The summed E-state index contributed by atoms with van der Waals surface area (Å²) in [6.07, 6.45) is 7.54. The molecule has 0 heterocycles. The Hall–Kier alpha value is -1.42. The lowest BCUT2D eigenvalue weighted by Gasteiger charge is -1.98. The van der Waals surface area contributed by atoms with Crippen molar-refractivity contribution in [2.45, 2.75) is 26.7 Å². The van der Waals surface area contributed by atoms with Crippen LogP contribution in [0, 0.1) is 11.8 Å². The summed E-state index contributed by atoms with van der Waals surface area (Å²) in [5, 5.41) is 0. The summed E-state index contributed by atoms with van der Waals surface area (Å²) in [5.41, 5.74) is 0.968. The Bertz CT molecular complexity index is 284. The van der Waals surface area contributed by atoms with Gasteiger partial charge in [0.15, 0.2) is 0 Å². The van der Waals surface area contributed by atoms with E-state index < -0.39 is 0 Å². The van der Waals surface area contributed by atoms with Crippen LogP contribution in [0.4, 0.5) is 0 Å². The third kappa shape index (κ3) is 5.27. The molecule has 1 heteroatoms. The van der Waals surface area contributed by atoms with Gasteiger partial charge in [-0.05, 0) is 25.5 Å². The van der Waals surface area contributed by atoms with Gasteiger partial charge in [-0.2, -0.15) is 0 Å². The minimum atomic E-state index is 0.740. The Balaban J connectivity index is 4.54. The minimum Gasteiger partial charge on any atom is -0.497 e. The molecule has 0 unspecified atom stereocenters. The number of allylic oxidation sites excluding steroid dienone is 4. The Morgan fingerprint density at radius 3 is 2.64 bits per heavy atom. The van der Waals surface area contributed by atoms with E-state index in [2.05, 4.69) is 25.3 Å². The molecule has 0 radical (unpaired) electrons. The molecule has 0 aromatic heterocycles. The first-order chi connectivity index (χ1) is 6.78. The molecule has 0 aliphatic carbocycles. The fraction of sp³-hybridized carbons (Fsp3) is 0.385. The Morgan fingerprint density at radius 1 is 1.50 bits per heavy atom. The molecule has 0 aliphatic heterocycles. The third-order valence-corrected chi connectivity index (χ3v) is 1.65. The molecule has 0 amide bonds. The van der Waals surface area contributed by atoms with Crippen molar-refractivity contribution in [2.75, 3.05) is 7.11 Å². The number of ether oxygens (including phenoxy) is 1. The van der Waals surface area contributed by atoms with Crippen molar-refractivity contribution in [1.82, 2.24) is 0 Å². The molecule has 0 aromatic rings. The highest BCUT2D eigenvalue weighted by atomic mass is 16.5. The van der Waals surface area contributed by atoms with Gasteiger partial charge in [-0.25, -0.2) is 0 Å². The fourth-order valence-corrected chi connectivity index (χ4v) is 0.836. The minimum absolute atomic E-state index is 0.740. The Kier molecular flexibility index (Phi) is 7.36. The summed E-state index contributed by atoms with van der Waals surface area (Å²) >= 11 is 0. The summed E-state index contributed by atoms with van der Waals surface area (Å²) in [6.45, 7) is 7.72. The van der Waals surface area contributed by atoms with Gasteiger partial charge in [0.1, 0.15) is 5.76 Å². The van der Waals surface area contributed by atoms with Crippen LogP contribution in [0.2, 0.25) is 0 Å². The molecule has 0 atom stereocenters. The Morgan fingerprint density at radius 2 is 2.21 bits per heavy atom. The standard InChI is InChI=1S/C13H18O/c1-5-8-9-10-12(6-2)11-13(7-3)14-4/h6-7,11H,3,5,8H2,1-2,4H3/b12-6-,13-11+. The molecule has 14 heavy (non-hydrogen) atoms. The van der Waals surface area contributed by atoms with Crippen molar-refractivity contribution < 1.29 is 4.74 Å². The van der Waals surface area contributed by atoms with Gasteiger partial charge in [0.05, 0.1) is 7.11 Å². The van der Waals surface area contributed by atoms with E-state index in [0.29, 0.717) is 0 Å². The van der Waals surface area contributed by atoms with Crippen LogP contribution in [-0.2, 0) is 4.74 Å². The summed E-state index contributed by atoms with van der Waals surface area (Å²) in [4.78, 5) is 0. The quantitative estimate of drug-likeness (QED) is 0.375. The fourth-order valence-electron chi connectivity index (χ4n) is 0.836. The summed E-state index contributed by atoms with van der Waals surface area (Å²) in [7, 11) is 1.63. The molecule has 0 fully saturated rings. The molecule has 0 aliphatic rings. The van der Waals surface area contributed by atoms with Crippen molar-refractivity contribution in [3.05, 3.63) is 36.1 Å². The topological polar surface area (TPSA) is 9.23 Å². The molecule has 0 aromatic carbocycles. The maximum absolute atomic E-state index is 5.07. The summed E-state index contributed by atoms with van der Waals surface area (Å²) < 4.78 is 5.07. The van der Waals surface area contributed by atoms with Gasteiger partial charge in [-0.1, -0.05) is 31.4 Å². The number of rotatable bonds is 4. The molecule has 76 valence electrons. The molecule has 1 nitrogen and oxygen atoms in total. The average molecular weight is 190 g/mol. The first-order valence-electron chi connectivity index (χ1n) is 4.81. The van der Waals surface area contributed by atoms with Crippen LogP contribution < -0.4 is 0 Å². The predicted molar refractivity (Wildman–Crippen MR) is 61.7 cm³/mol. The highest BCUT2D eigenvalue weighted by molar-refractivity contribution is 5.40. The molecule has 0 bridgehead atoms. The second-order valence-corrected chi connectivity index (χ2v) is 2.75. The number of hydrogen-bond donors (Lipinski definition) is 0. The second-order valence-electron chi connectivity index (χ2n) is 2.75. The van der Waals surface area contributed by atoms with Gasteiger partial charge in [0.25, 0.3) is 0 Å². The molecular formula is C13H18O. The van der Waals surface area contributed by atoms with Gasteiger partial charge in [0.2, 0.25) is 0 Å². The first kappa shape index (κ1) is 12.6. The van der Waals surface area contributed by atoms with Crippen LogP contribution in [0.25, 0.3) is 0 Å². The zero-order valence-electron chi connectivity index (χ0n) is 9.26. The van der Waals surface area contributed by atoms with Crippen molar-refractivity contribution in [3.8, 4) is 11.8 Å². The van der Waals surface area contributed by atoms with E-state index >= 15 is 0 Å². The van der Waals surface area contributed by atoms with Crippen molar-refractivity contribution in [3.63, 3.8) is 0 Å². The lowest BCUT2D eigenvalue weighted by atomic mass is 10.2. The smallest absolute Gasteiger partial charge is 0.119 e. The molecule has 0 rings (SSSR count). The number of unbranched alkanes of at least 4 members (excludes halogenated alkanes) is 1. The van der Waals surface area contributed by atoms with Crippen molar-refractivity contribution in [2.24, 2.45) is 0 Å². The first-order valence-corrected chi connectivity index (χ1v) is 4.81. The molecule has 0 saturated carbocycles. The van der Waals surface area contributed by atoms with Gasteiger partial charge in [-0.15, -0.1) is 0 Å². The van der Waals surface area contributed by atoms with Crippen LogP contribution in [-0.4, -0.2) is 7.11 Å². The zero-order valence-corrected chi connectivity index (χ0v) is 9.26. The SMILES string of the molecule is C=C/C(=C\C(C#CCCC)=C/C)OC. The van der Waals surface area contributed by atoms with Crippen molar-refractivity contribution >= 4 is 0 Å². The molecular weight excluding hydrogens is 172 g/mol. The van der Waals surface area contributed by atoms with Crippen LogP contribution >= 0.6 is 0 Å². The van der Waals surface area contributed by atoms with Crippen LogP contribution in [0.1, 0.15) is 26.7 Å². The summed E-state index contributed by atoms with van der Waals surface area (Å²) in [6, 6.07) is 0. The lowest BCUT2D eigenvalue weighted by molar-refractivity contribution is 0.307. The average Bonchev–Trinajstić information content (AvgIpc) is 2.23. The number of hydrogen-bond acceptors (Lipinski definition) is 1. The Labute approximate surface area is 87.2 Å². The van der Waals surface area contributed by atoms with E-state index in [4.69, 9.17) is 4.74 Å². The van der Waals surface area contributed by atoms with Gasteiger partial charge in [0, 0.05) is 12.0 Å². The van der Waals surface area contributed by atoms with E-state index in [0.717, 1.165) is 24.2 Å². The van der Waals surface area contributed by atoms with Gasteiger partial charge < -0.3 is 4.74 Å². The summed E-state index contributed by atoms with van der Waals surface area (Å²) in [5.74, 6) is 6.90. The number of methoxy groups -OCH3 is 1. The molecule has 0 spiro atoms. The van der Waals surface area contributed by atoms with E-state index in [1.54, 1.807) is 13.2 Å². The highest BCUT2D eigenvalue weighted by Crippen LogP contribution is 2.03. The van der Waals surface area contributed by atoms with E-state index in [-0.39, 0.29) is 0 Å².